The summed E-state index contributed by atoms with van der Waals surface area (Å²) < 4.78 is 31.5. The standard InChI is InChI=1S/C22H25Cl2N3O4S2/c1-26(2)12-4-13-27(22-25-20-18(31-3)10-9-17(24)21(20)32-22)19(28)11-14-33(29,30)16-7-5-15(23)6-8-16/h5-10H,4,11-14H2,1-3H3. The molecule has 0 aliphatic heterocycles. The minimum absolute atomic E-state index is 0.135. The van der Waals surface area contributed by atoms with Gasteiger partial charge in [0.15, 0.2) is 15.0 Å². The van der Waals surface area contributed by atoms with Crippen molar-refractivity contribution in [1.82, 2.24) is 9.88 Å². The molecule has 0 spiro atoms. The molecule has 3 aromatic rings. The van der Waals surface area contributed by atoms with Gasteiger partial charge in [-0.2, -0.15) is 0 Å². The maximum atomic E-state index is 13.2. The van der Waals surface area contributed by atoms with E-state index >= 15 is 0 Å². The van der Waals surface area contributed by atoms with Crippen molar-refractivity contribution in [2.75, 3.05) is 44.9 Å². The third kappa shape index (κ3) is 6.36. The van der Waals surface area contributed by atoms with Crippen LogP contribution >= 0.6 is 34.5 Å². The minimum atomic E-state index is -3.64. The molecule has 0 radical (unpaired) electrons. The fourth-order valence-corrected chi connectivity index (χ4v) is 5.87. The molecule has 178 valence electrons. The Hall–Kier alpha value is -1.91. The zero-order chi connectivity index (χ0) is 24.2. The first kappa shape index (κ1) is 25.7. The Morgan fingerprint density at radius 1 is 1.09 bits per heavy atom. The van der Waals surface area contributed by atoms with Crippen LogP contribution in [0.2, 0.25) is 10.0 Å². The lowest BCUT2D eigenvalue weighted by molar-refractivity contribution is -0.118. The summed E-state index contributed by atoms with van der Waals surface area (Å²) in [6, 6.07) is 9.37. The van der Waals surface area contributed by atoms with Crippen molar-refractivity contribution in [3.05, 3.63) is 46.4 Å². The first-order valence-corrected chi connectivity index (χ1v) is 13.4. The molecular formula is C22H25Cl2N3O4S2. The topological polar surface area (TPSA) is 79.8 Å². The smallest absolute Gasteiger partial charge is 0.229 e. The molecule has 0 aliphatic carbocycles. The number of aromatic nitrogens is 1. The summed E-state index contributed by atoms with van der Waals surface area (Å²) in [5.74, 6) is -0.0737. The molecule has 0 bridgehead atoms. The number of nitrogens with zero attached hydrogens (tertiary/aromatic N) is 3. The lowest BCUT2D eigenvalue weighted by Crippen LogP contribution is -2.34. The van der Waals surface area contributed by atoms with E-state index in [0.717, 1.165) is 6.54 Å². The molecular weight excluding hydrogens is 505 g/mol. The molecule has 0 saturated carbocycles. The maximum Gasteiger partial charge on any atom is 0.229 e. The SMILES string of the molecule is COc1ccc(Cl)c2sc(N(CCCN(C)C)C(=O)CCS(=O)(=O)c3ccc(Cl)cc3)nc12. The molecule has 7 nitrogen and oxygen atoms in total. The summed E-state index contributed by atoms with van der Waals surface area (Å²) in [6.45, 7) is 1.17. The first-order valence-electron chi connectivity index (χ1n) is 10.2. The van der Waals surface area contributed by atoms with Gasteiger partial charge in [-0.3, -0.25) is 9.69 Å². The van der Waals surface area contributed by atoms with Crippen LogP contribution in [0.3, 0.4) is 0 Å². The van der Waals surface area contributed by atoms with Crippen LogP contribution in [0.15, 0.2) is 41.3 Å². The second kappa shape index (κ2) is 11.0. The zero-order valence-electron chi connectivity index (χ0n) is 18.5. The van der Waals surface area contributed by atoms with Crippen LogP contribution in [0.1, 0.15) is 12.8 Å². The van der Waals surface area contributed by atoms with E-state index in [4.69, 9.17) is 27.9 Å². The molecule has 1 heterocycles. The average molecular weight is 530 g/mol. The van der Waals surface area contributed by atoms with Gasteiger partial charge < -0.3 is 9.64 Å². The number of methoxy groups -OCH3 is 1. The van der Waals surface area contributed by atoms with Crippen molar-refractivity contribution >= 4 is 65.6 Å². The molecule has 0 unspecified atom stereocenters. The highest BCUT2D eigenvalue weighted by Crippen LogP contribution is 2.39. The lowest BCUT2D eigenvalue weighted by atomic mass is 10.3. The van der Waals surface area contributed by atoms with Crippen LogP contribution in [0, 0.1) is 0 Å². The van der Waals surface area contributed by atoms with Gasteiger partial charge in [-0.1, -0.05) is 34.5 Å². The summed E-state index contributed by atoms with van der Waals surface area (Å²) in [7, 11) is 1.81. The Bertz CT molecular complexity index is 1230. The van der Waals surface area contributed by atoms with Gasteiger partial charge in [0.2, 0.25) is 5.91 Å². The molecule has 1 amide bonds. The van der Waals surface area contributed by atoms with Gasteiger partial charge in [0, 0.05) is 18.0 Å². The number of thiazole rings is 1. The third-order valence-corrected chi connectivity index (χ3v) is 8.47. The second-order valence-electron chi connectivity index (χ2n) is 7.65. The van der Waals surface area contributed by atoms with Gasteiger partial charge in [-0.15, -0.1) is 0 Å². The predicted octanol–water partition coefficient (Wildman–Crippen LogP) is 4.76. The van der Waals surface area contributed by atoms with E-state index in [-0.39, 0.29) is 23.0 Å². The molecule has 3 rings (SSSR count). The molecule has 0 atom stereocenters. The molecule has 33 heavy (non-hydrogen) atoms. The van der Waals surface area contributed by atoms with E-state index < -0.39 is 9.84 Å². The molecule has 1 aromatic heterocycles. The van der Waals surface area contributed by atoms with Crippen LogP contribution < -0.4 is 9.64 Å². The van der Waals surface area contributed by atoms with Crippen LogP contribution in [0.25, 0.3) is 10.2 Å². The van der Waals surface area contributed by atoms with Crippen molar-refractivity contribution in [2.45, 2.75) is 17.7 Å². The highest BCUT2D eigenvalue weighted by atomic mass is 35.5. The predicted molar refractivity (Wildman–Crippen MR) is 135 cm³/mol. The van der Waals surface area contributed by atoms with E-state index in [1.165, 1.54) is 35.6 Å². The molecule has 0 saturated heterocycles. The van der Waals surface area contributed by atoms with E-state index in [9.17, 15) is 13.2 Å². The van der Waals surface area contributed by atoms with Crippen molar-refractivity contribution < 1.29 is 17.9 Å². The highest BCUT2D eigenvalue weighted by Gasteiger charge is 2.24. The highest BCUT2D eigenvalue weighted by molar-refractivity contribution is 7.91. The first-order chi connectivity index (χ1) is 15.6. The quantitative estimate of drug-likeness (QED) is 0.376. The maximum absolute atomic E-state index is 13.2. The fourth-order valence-electron chi connectivity index (χ4n) is 3.21. The number of amides is 1. The van der Waals surface area contributed by atoms with Crippen LogP contribution in [-0.4, -0.2) is 64.3 Å². The largest absolute Gasteiger partial charge is 0.494 e. The Labute approximate surface area is 207 Å². The van der Waals surface area contributed by atoms with Crippen molar-refractivity contribution in [3.63, 3.8) is 0 Å². The lowest BCUT2D eigenvalue weighted by Gasteiger charge is -2.21. The summed E-state index contributed by atoms with van der Waals surface area (Å²) in [5, 5.41) is 1.42. The number of halogens is 2. The number of anilines is 1. The number of carbonyl (C=O) groups excluding carboxylic acids is 1. The average Bonchev–Trinajstić information content (AvgIpc) is 3.21. The van der Waals surface area contributed by atoms with Gasteiger partial charge in [-0.05, 0) is 63.5 Å². The Balaban J connectivity index is 1.85. The number of sulfone groups is 1. The van der Waals surface area contributed by atoms with Crippen LogP contribution in [0.4, 0.5) is 5.13 Å². The van der Waals surface area contributed by atoms with E-state index in [2.05, 4.69) is 4.98 Å². The second-order valence-corrected chi connectivity index (χ2v) is 11.6. The van der Waals surface area contributed by atoms with Crippen molar-refractivity contribution in [3.8, 4) is 5.75 Å². The Morgan fingerprint density at radius 2 is 1.79 bits per heavy atom. The van der Waals surface area contributed by atoms with Crippen molar-refractivity contribution in [1.29, 1.82) is 0 Å². The van der Waals surface area contributed by atoms with E-state index in [1.54, 1.807) is 24.1 Å². The van der Waals surface area contributed by atoms with E-state index in [0.29, 0.717) is 44.1 Å². The number of hydrogen-bond acceptors (Lipinski definition) is 7. The number of fused-ring (bicyclic) bond motifs is 1. The number of hydrogen-bond donors (Lipinski definition) is 0. The number of rotatable bonds is 10. The summed E-state index contributed by atoms with van der Waals surface area (Å²) >= 11 is 13.5. The van der Waals surface area contributed by atoms with Gasteiger partial charge in [0.25, 0.3) is 0 Å². The van der Waals surface area contributed by atoms with Gasteiger partial charge in [0.05, 0.1) is 27.5 Å². The molecule has 0 fully saturated rings. The number of benzene rings is 2. The minimum Gasteiger partial charge on any atom is -0.494 e. The molecule has 0 N–H and O–H groups in total. The monoisotopic (exact) mass is 529 g/mol. The zero-order valence-corrected chi connectivity index (χ0v) is 21.7. The van der Waals surface area contributed by atoms with Gasteiger partial charge >= 0.3 is 0 Å². The van der Waals surface area contributed by atoms with Crippen molar-refractivity contribution in [2.24, 2.45) is 0 Å². The normalized spacial score (nSPS) is 11.8. The summed E-state index contributed by atoms with van der Waals surface area (Å²) in [6.07, 6.45) is 0.525. The van der Waals surface area contributed by atoms with Gasteiger partial charge in [-0.25, -0.2) is 13.4 Å². The van der Waals surface area contributed by atoms with Crippen LogP contribution in [0.5, 0.6) is 5.75 Å². The number of carbonyl (C=O) groups is 1. The fraction of sp³-hybridized carbons (Fsp3) is 0.364. The molecule has 2 aromatic carbocycles. The molecule has 0 aliphatic rings. The Kier molecular flexibility index (Phi) is 8.58. The van der Waals surface area contributed by atoms with Gasteiger partial charge in [0.1, 0.15) is 11.3 Å². The Morgan fingerprint density at radius 3 is 2.42 bits per heavy atom. The van der Waals surface area contributed by atoms with Crippen LogP contribution in [-0.2, 0) is 14.6 Å². The third-order valence-electron chi connectivity index (χ3n) is 4.94. The molecule has 11 heteroatoms. The number of ether oxygens (including phenoxy) is 1. The summed E-state index contributed by atoms with van der Waals surface area (Å²) in [5.41, 5.74) is 0.573. The van der Waals surface area contributed by atoms with E-state index in [1.807, 2.05) is 19.0 Å². The summed E-state index contributed by atoms with van der Waals surface area (Å²) in [4.78, 5) is 21.5.